The number of nitrogens with zero attached hydrogens (tertiary/aromatic N) is 3. The van der Waals surface area contributed by atoms with Gasteiger partial charge in [0, 0.05) is 13.1 Å². The first-order valence-corrected chi connectivity index (χ1v) is 7.17. The molecule has 2 aromatic rings. The summed E-state index contributed by atoms with van der Waals surface area (Å²) in [5.74, 6) is 0. The van der Waals surface area contributed by atoms with Crippen molar-refractivity contribution in [2.24, 2.45) is 7.05 Å². The summed E-state index contributed by atoms with van der Waals surface area (Å²) in [5.41, 5.74) is 3.38. The number of aromatic nitrogens is 4. The normalized spacial score (nSPS) is 13.3. The van der Waals surface area contributed by atoms with Crippen molar-refractivity contribution in [1.29, 1.82) is 0 Å². The van der Waals surface area contributed by atoms with Crippen LogP contribution in [0.25, 0.3) is 11.2 Å². The lowest BCUT2D eigenvalue weighted by atomic mass is 10.2. The minimum Gasteiger partial charge on any atom is -0.328 e. The Hall–Kier alpha value is -1.10. The number of hydrogen-bond acceptors (Lipinski definition) is 2. The zero-order valence-electron chi connectivity index (χ0n) is 11.7. The molecule has 2 rings (SSSR count). The van der Waals surface area contributed by atoms with Gasteiger partial charge in [0.15, 0.2) is 10.4 Å². The second kappa shape index (κ2) is 5.26. The smallest absolute Gasteiger partial charge is 0.179 e. The maximum Gasteiger partial charge on any atom is 0.179 e. The number of aryl methyl sites for hydroxylation is 2. The predicted octanol–water partition coefficient (Wildman–Crippen LogP) is 3.75. The second-order valence-corrected chi connectivity index (χ2v) is 5.34. The SMILES string of the molecule is CCCc1nn(C)c2c1[nH]c(=S)n2C(C)CCC. The number of rotatable bonds is 5. The van der Waals surface area contributed by atoms with Crippen molar-refractivity contribution in [3.63, 3.8) is 0 Å². The molecule has 1 unspecified atom stereocenters. The van der Waals surface area contributed by atoms with Crippen LogP contribution in [0.2, 0.25) is 0 Å². The molecule has 2 aromatic heterocycles. The molecule has 0 radical (unpaired) electrons. The summed E-state index contributed by atoms with van der Waals surface area (Å²) in [6.45, 7) is 6.60. The molecule has 0 fully saturated rings. The highest BCUT2D eigenvalue weighted by Crippen LogP contribution is 2.24. The van der Waals surface area contributed by atoms with Gasteiger partial charge in [-0.15, -0.1) is 0 Å². The Morgan fingerprint density at radius 3 is 2.67 bits per heavy atom. The van der Waals surface area contributed by atoms with E-state index in [-0.39, 0.29) is 0 Å². The van der Waals surface area contributed by atoms with Crippen LogP contribution in [0.4, 0.5) is 0 Å². The van der Waals surface area contributed by atoms with Crippen molar-refractivity contribution in [3.8, 4) is 0 Å². The quantitative estimate of drug-likeness (QED) is 0.837. The average molecular weight is 266 g/mol. The fraction of sp³-hybridized carbons (Fsp3) is 0.692. The minimum atomic E-state index is 0.418. The van der Waals surface area contributed by atoms with Gasteiger partial charge in [-0.2, -0.15) is 5.10 Å². The topological polar surface area (TPSA) is 38.5 Å². The fourth-order valence-corrected chi connectivity index (χ4v) is 2.97. The molecule has 18 heavy (non-hydrogen) atoms. The van der Waals surface area contributed by atoms with Gasteiger partial charge in [-0.05, 0) is 32.0 Å². The predicted molar refractivity (Wildman–Crippen MR) is 77.5 cm³/mol. The van der Waals surface area contributed by atoms with E-state index >= 15 is 0 Å². The molecule has 0 amide bonds. The molecule has 0 bridgehead atoms. The summed E-state index contributed by atoms with van der Waals surface area (Å²) in [6.07, 6.45) is 4.39. The molecule has 0 aliphatic carbocycles. The lowest BCUT2D eigenvalue weighted by Gasteiger charge is -2.13. The monoisotopic (exact) mass is 266 g/mol. The third-order valence-corrected chi connectivity index (χ3v) is 3.70. The lowest BCUT2D eigenvalue weighted by molar-refractivity contribution is 0.497. The highest BCUT2D eigenvalue weighted by atomic mass is 32.1. The van der Waals surface area contributed by atoms with Gasteiger partial charge in [-0.25, -0.2) is 0 Å². The van der Waals surface area contributed by atoms with Crippen LogP contribution in [0.5, 0.6) is 0 Å². The van der Waals surface area contributed by atoms with Crippen LogP contribution in [0.15, 0.2) is 0 Å². The van der Waals surface area contributed by atoms with E-state index in [1.165, 1.54) is 0 Å². The summed E-state index contributed by atoms with van der Waals surface area (Å²) >= 11 is 5.47. The van der Waals surface area contributed by atoms with E-state index in [0.717, 1.165) is 47.3 Å². The molecule has 0 saturated heterocycles. The van der Waals surface area contributed by atoms with Gasteiger partial charge in [0.05, 0.1) is 5.69 Å². The summed E-state index contributed by atoms with van der Waals surface area (Å²) < 4.78 is 4.98. The summed E-state index contributed by atoms with van der Waals surface area (Å²) in [5, 5.41) is 4.60. The molecule has 0 spiro atoms. The summed E-state index contributed by atoms with van der Waals surface area (Å²) in [4.78, 5) is 3.34. The second-order valence-electron chi connectivity index (χ2n) is 4.96. The maximum atomic E-state index is 5.47. The molecule has 2 heterocycles. The number of imidazole rings is 1. The van der Waals surface area contributed by atoms with Crippen LogP contribution in [0, 0.1) is 4.77 Å². The van der Waals surface area contributed by atoms with E-state index in [4.69, 9.17) is 12.2 Å². The van der Waals surface area contributed by atoms with Crippen LogP contribution in [0.3, 0.4) is 0 Å². The molecule has 100 valence electrons. The molecule has 1 atom stereocenters. The number of H-pyrrole nitrogens is 1. The van der Waals surface area contributed by atoms with E-state index in [1.54, 1.807) is 0 Å². The molecule has 4 nitrogen and oxygen atoms in total. The molecular weight excluding hydrogens is 244 g/mol. The Morgan fingerprint density at radius 1 is 1.33 bits per heavy atom. The first-order chi connectivity index (χ1) is 8.60. The van der Waals surface area contributed by atoms with Gasteiger partial charge in [0.1, 0.15) is 5.52 Å². The Kier molecular flexibility index (Phi) is 3.90. The zero-order valence-corrected chi connectivity index (χ0v) is 12.5. The van der Waals surface area contributed by atoms with Crippen molar-refractivity contribution in [2.75, 3.05) is 0 Å². The van der Waals surface area contributed by atoms with E-state index in [0.29, 0.717) is 6.04 Å². The van der Waals surface area contributed by atoms with Crippen molar-refractivity contribution < 1.29 is 0 Å². The standard InChI is InChI=1S/C13H22N4S/c1-5-7-9(3)17-12-11(14-13(17)18)10(8-6-2)15-16(12)4/h9H,5-8H2,1-4H3,(H,14,18). The van der Waals surface area contributed by atoms with Crippen molar-refractivity contribution in [1.82, 2.24) is 19.3 Å². The van der Waals surface area contributed by atoms with Gasteiger partial charge >= 0.3 is 0 Å². The molecule has 5 heteroatoms. The molecule has 1 N–H and O–H groups in total. The molecule has 0 aliphatic heterocycles. The Labute approximate surface area is 113 Å². The minimum absolute atomic E-state index is 0.418. The summed E-state index contributed by atoms with van der Waals surface area (Å²) in [6, 6.07) is 0.418. The van der Waals surface area contributed by atoms with E-state index < -0.39 is 0 Å². The molecule has 0 aromatic carbocycles. The number of nitrogens with one attached hydrogen (secondary N) is 1. The Balaban J connectivity index is 2.60. The molecular formula is C13H22N4S. The fourth-order valence-electron chi connectivity index (χ4n) is 2.60. The number of hydrogen-bond donors (Lipinski definition) is 1. The van der Waals surface area contributed by atoms with E-state index in [1.807, 2.05) is 11.7 Å². The van der Waals surface area contributed by atoms with Gasteiger partial charge in [0.2, 0.25) is 0 Å². The third-order valence-electron chi connectivity index (χ3n) is 3.40. The number of aromatic amines is 1. The van der Waals surface area contributed by atoms with Crippen LogP contribution in [-0.2, 0) is 13.5 Å². The van der Waals surface area contributed by atoms with Gasteiger partial charge in [-0.1, -0.05) is 26.7 Å². The van der Waals surface area contributed by atoms with Gasteiger partial charge in [-0.3, -0.25) is 9.25 Å². The first kappa shape index (κ1) is 13.3. The van der Waals surface area contributed by atoms with Crippen LogP contribution in [-0.4, -0.2) is 19.3 Å². The first-order valence-electron chi connectivity index (χ1n) is 6.76. The highest BCUT2D eigenvalue weighted by Gasteiger charge is 2.17. The van der Waals surface area contributed by atoms with E-state index in [2.05, 4.69) is 35.4 Å². The summed E-state index contributed by atoms with van der Waals surface area (Å²) in [7, 11) is 2.00. The zero-order chi connectivity index (χ0) is 13.3. The Bertz CT molecular complexity index is 590. The third kappa shape index (κ3) is 2.11. The average Bonchev–Trinajstić information content (AvgIpc) is 2.78. The molecule has 0 aliphatic rings. The van der Waals surface area contributed by atoms with Crippen LogP contribution >= 0.6 is 12.2 Å². The van der Waals surface area contributed by atoms with E-state index in [9.17, 15) is 0 Å². The molecule has 0 saturated carbocycles. The largest absolute Gasteiger partial charge is 0.328 e. The van der Waals surface area contributed by atoms with Crippen LogP contribution in [0.1, 0.15) is 51.8 Å². The van der Waals surface area contributed by atoms with Gasteiger partial charge in [0.25, 0.3) is 0 Å². The Morgan fingerprint density at radius 2 is 2.06 bits per heavy atom. The lowest BCUT2D eigenvalue weighted by Crippen LogP contribution is -2.08. The number of fused-ring (bicyclic) bond motifs is 1. The van der Waals surface area contributed by atoms with Crippen LogP contribution < -0.4 is 0 Å². The highest BCUT2D eigenvalue weighted by molar-refractivity contribution is 7.71. The van der Waals surface area contributed by atoms with Crippen molar-refractivity contribution in [2.45, 2.75) is 52.5 Å². The van der Waals surface area contributed by atoms with Crippen molar-refractivity contribution >= 4 is 23.4 Å². The maximum absolute atomic E-state index is 5.47. The van der Waals surface area contributed by atoms with Gasteiger partial charge < -0.3 is 4.98 Å². The van der Waals surface area contributed by atoms with Crippen molar-refractivity contribution in [3.05, 3.63) is 10.5 Å².